The van der Waals surface area contributed by atoms with E-state index in [4.69, 9.17) is 4.98 Å². The van der Waals surface area contributed by atoms with Gasteiger partial charge in [-0.15, -0.1) is 0 Å². The third kappa shape index (κ3) is 2.50. The summed E-state index contributed by atoms with van der Waals surface area (Å²) in [7, 11) is 0. The van der Waals surface area contributed by atoms with E-state index >= 15 is 0 Å². The second-order valence-electron chi connectivity index (χ2n) is 5.89. The zero-order valence-electron chi connectivity index (χ0n) is 11.1. The quantitative estimate of drug-likeness (QED) is 0.928. The van der Waals surface area contributed by atoms with E-state index in [-0.39, 0.29) is 0 Å². The summed E-state index contributed by atoms with van der Waals surface area (Å²) in [6.07, 6.45) is 7.92. The molecule has 100 valence electrons. The van der Waals surface area contributed by atoms with E-state index in [2.05, 4.69) is 32.7 Å². The Morgan fingerprint density at radius 2 is 2.11 bits per heavy atom. The Bertz CT molecular complexity index is 421. The topological polar surface area (TPSA) is 29.9 Å². The van der Waals surface area contributed by atoms with Crippen molar-refractivity contribution in [3.05, 3.63) is 16.1 Å². The maximum absolute atomic E-state index is 4.70. The highest BCUT2D eigenvalue weighted by atomic mass is 79.9. The second kappa shape index (κ2) is 5.33. The van der Waals surface area contributed by atoms with Crippen molar-refractivity contribution >= 4 is 15.9 Å². The fraction of sp³-hybridized carbons (Fsp3) is 0.786. The van der Waals surface area contributed by atoms with Crippen molar-refractivity contribution in [3.8, 4) is 0 Å². The van der Waals surface area contributed by atoms with Gasteiger partial charge in [-0.1, -0.05) is 19.8 Å². The Morgan fingerprint density at radius 1 is 1.33 bits per heavy atom. The minimum Gasteiger partial charge on any atom is -0.322 e. The van der Waals surface area contributed by atoms with E-state index in [0.29, 0.717) is 0 Å². The Hall–Kier alpha value is -0.350. The third-order valence-corrected chi connectivity index (χ3v) is 5.01. The van der Waals surface area contributed by atoms with Crippen molar-refractivity contribution in [2.45, 2.75) is 64.6 Å². The predicted molar refractivity (Wildman–Crippen MR) is 76.5 cm³/mol. The monoisotopic (exact) mass is 311 g/mol. The molecule has 1 fully saturated rings. The highest BCUT2D eigenvalue weighted by molar-refractivity contribution is 9.10. The largest absolute Gasteiger partial charge is 0.322 e. The first-order valence-electron chi connectivity index (χ1n) is 7.21. The lowest BCUT2D eigenvalue weighted by Crippen LogP contribution is -2.27. The molecule has 0 amide bonds. The minimum atomic E-state index is 0.724. The van der Waals surface area contributed by atoms with Crippen LogP contribution in [0.5, 0.6) is 0 Å². The average Bonchev–Trinajstić information content (AvgIpc) is 2.95. The van der Waals surface area contributed by atoms with Crippen LogP contribution < -0.4 is 5.32 Å². The highest BCUT2D eigenvalue weighted by Gasteiger charge is 2.23. The molecule has 3 rings (SSSR count). The standard InChI is InChI=1S/C14H22BrN3/c1-10-6-7-18-13(8-10)12(17-14(18)15)9-16-11-4-2-3-5-11/h10-11,16H,2-9H2,1H3. The van der Waals surface area contributed by atoms with Gasteiger partial charge < -0.3 is 9.88 Å². The molecule has 1 aromatic heterocycles. The fourth-order valence-electron chi connectivity index (χ4n) is 3.25. The first-order chi connectivity index (χ1) is 8.74. The zero-order chi connectivity index (χ0) is 12.5. The molecule has 0 bridgehead atoms. The third-order valence-electron chi connectivity index (χ3n) is 4.41. The van der Waals surface area contributed by atoms with Crippen molar-refractivity contribution in [1.29, 1.82) is 0 Å². The van der Waals surface area contributed by atoms with Crippen molar-refractivity contribution in [1.82, 2.24) is 14.9 Å². The van der Waals surface area contributed by atoms with Crippen LogP contribution in [0.2, 0.25) is 0 Å². The van der Waals surface area contributed by atoms with Crippen LogP contribution in [-0.2, 0) is 19.5 Å². The maximum Gasteiger partial charge on any atom is 0.177 e. The smallest absolute Gasteiger partial charge is 0.177 e. The maximum atomic E-state index is 4.70. The van der Waals surface area contributed by atoms with E-state index < -0.39 is 0 Å². The van der Waals surface area contributed by atoms with Crippen LogP contribution in [0.1, 0.15) is 50.4 Å². The number of aromatic nitrogens is 2. The van der Waals surface area contributed by atoms with Gasteiger partial charge in [-0.3, -0.25) is 0 Å². The number of nitrogens with one attached hydrogen (secondary N) is 1. The summed E-state index contributed by atoms with van der Waals surface area (Å²) in [4.78, 5) is 4.70. The number of rotatable bonds is 3. The van der Waals surface area contributed by atoms with Gasteiger partial charge >= 0.3 is 0 Å². The Labute approximate surface area is 117 Å². The predicted octanol–water partition coefficient (Wildman–Crippen LogP) is 3.26. The molecular formula is C14H22BrN3. The number of halogens is 1. The zero-order valence-corrected chi connectivity index (χ0v) is 12.7. The van der Waals surface area contributed by atoms with Gasteiger partial charge in [0.15, 0.2) is 4.73 Å². The van der Waals surface area contributed by atoms with Crippen LogP contribution in [0.15, 0.2) is 4.73 Å². The van der Waals surface area contributed by atoms with Gasteiger partial charge in [0.05, 0.1) is 5.69 Å². The average molecular weight is 312 g/mol. The molecule has 0 spiro atoms. The fourth-order valence-corrected chi connectivity index (χ4v) is 3.86. The Kier molecular flexibility index (Phi) is 3.76. The molecule has 2 heterocycles. The molecular weight excluding hydrogens is 290 g/mol. The minimum absolute atomic E-state index is 0.724. The molecule has 2 aliphatic rings. The Balaban J connectivity index is 1.71. The summed E-state index contributed by atoms with van der Waals surface area (Å²) < 4.78 is 3.37. The van der Waals surface area contributed by atoms with E-state index in [0.717, 1.165) is 29.8 Å². The van der Waals surface area contributed by atoms with Crippen molar-refractivity contribution in [2.24, 2.45) is 5.92 Å². The normalized spacial score (nSPS) is 24.4. The number of imidazole rings is 1. The van der Waals surface area contributed by atoms with Crippen molar-refractivity contribution in [3.63, 3.8) is 0 Å². The molecule has 0 radical (unpaired) electrons. The summed E-state index contributed by atoms with van der Waals surface area (Å²) in [6.45, 7) is 4.41. The summed E-state index contributed by atoms with van der Waals surface area (Å²) in [6, 6.07) is 0.724. The van der Waals surface area contributed by atoms with Gasteiger partial charge in [-0.2, -0.15) is 0 Å². The van der Waals surface area contributed by atoms with Crippen molar-refractivity contribution in [2.75, 3.05) is 0 Å². The number of fused-ring (bicyclic) bond motifs is 1. The Morgan fingerprint density at radius 3 is 2.89 bits per heavy atom. The van der Waals surface area contributed by atoms with Crippen LogP contribution in [0.3, 0.4) is 0 Å². The van der Waals surface area contributed by atoms with Crippen LogP contribution in [0, 0.1) is 5.92 Å². The lowest BCUT2D eigenvalue weighted by Gasteiger charge is -2.22. The lowest BCUT2D eigenvalue weighted by atomic mass is 9.97. The molecule has 1 aliphatic carbocycles. The molecule has 1 aromatic rings. The van der Waals surface area contributed by atoms with Crippen molar-refractivity contribution < 1.29 is 0 Å². The first kappa shape index (κ1) is 12.7. The molecule has 4 heteroatoms. The highest BCUT2D eigenvalue weighted by Crippen LogP contribution is 2.27. The SMILES string of the molecule is CC1CCn2c(Br)nc(CNC3CCCC3)c2C1. The van der Waals surface area contributed by atoms with E-state index in [1.807, 2.05) is 0 Å². The van der Waals surface area contributed by atoms with Gasteiger partial charge in [-0.05, 0) is 47.5 Å². The molecule has 18 heavy (non-hydrogen) atoms. The van der Waals surface area contributed by atoms with Crippen LogP contribution in [0.4, 0.5) is 0 Å². The van der Waals surface area contributed by atoms with E-state index in [1.54, 1.807) is 0 Å². The number of hydrogen-bond donors (Lipinski definition) is 1. The van der Waals surface area contributed by atoms with Gasteiger partial charge in [0, 0.05) is 24.8 Å². The van der Waals surface area contributed by atoms with Gasteiger partial charge in [0.2, 0.25) is 0 Å². The summed E-state index contributed by atoms with van der Waals surface area (Å²) >= 11 is 3.60. The molecule has 0 saturated heterocycles. The molecule has 1 atom stereocenters. The summed E-state index contributed by atoms with van der Waals surface area (Å²) in [5.41, 5.74) is 2.71. The lowest BCUT2D eigenvalue weighted by molar-refractivity contribution is 0.409. The van der Waals surface area contributed by atoms with Gasteiger partial charge in [0.25, 0.3) is 0 Å². The molecule has 1 saturated carbocycles. The van der Waals surface area contributed by atoms with Crippen LogP contribution >= 0.6 is 15.9 Å². The summed E-state index contributed by atoms with van der Waals surface area (Å²) in [5, 5.41) is 3.68. The molecule has 1 aliphatic heterocycles. The van der Waals surface area contributed by atoms with Gasteiger partial charge in [0.1, 0.15) is 0 Å². The molecule has 1 unspecified atom stereocenters. The molecule has 1 N–H and O–H groups in total. The van der Waals surface area contributed by atoms with Crippen LogP contribution in [-0.4, -0.2) is 15.6 Å². The van der Waals surface area contributed by atoms with E-state index in [1.165, 1.54) is 49.9 Å². The summed E-state index contributed by atoms with van der Waals surface area (Å²) in [5.74, 6) is 0.798. The number of nitrogens with zero attached hydrogens (tertiary/aromatic N) is 2. The second-order valence-corrected chi connectivity index (χ2v) is 6.60. The van der Waals surface area contributed by atoms with E-state index in [9.17, 15) is 0 Å². The van der Waals surface area contributed by atoms with Crippen LogP contribution in [0.25, 0.3) is 0 Å². The van der Waals surface area contributed by atoms with Gasteiger partial charge in [-0.25, -0.2) is 4.98 Å². The first-order valence-corrected chi connectivity index (χ1v) is 8.00. The molecule has 0 aromatic carbocycles. The molecule has 3 nitrogen and oxygen atoms in total. The number of hydrogen-bond acceptors (Lipinski definition) is 2.